The number of carbonyl (C=O) groups is 1. The predicted octanol–water partition coefficient (Wildman–Crippen LogP) is 2.07. The number of aryl methyl sites for hydroxylation is 1. The maximum absolute atomic E-state index is 11.9. The predicted molar refractivity (Wildman–Crippen MR) is 68.2 cm³/mol. The van der Waals surface area contributed by atoms with Gasteiger partial charge in [0, 0.05) is 18.4 Å². The molecule has 0 aliphatic heterocycles. The summed E-state index contributed by atoms with van der Waals surface area (Å²) in [5, 5.41) is 9.02. The third kappa shape index (κ3) is 2.94. The zero-order chi connectivity index (χ0) is 12.3. The molecule has 4 nitrogen and oxygen atoms in total. The van der Waals surface area contributed by atoms with Gasteiger partial charge in [-0.2, -0.15) is 5.10 Å². The third-order valence-electron chi connectivity index (χ3n) is 2.47. The number of carbonyl (C=O) groups excluding carboxylic acids is 1. The molecule has 17 heavy (non-hydrogen) atoms. The average Bonchev–Trinajstić information content (AvgIpc) is 2.88. The van der Waals surface area contributed by atoms with Crippen molar-refractivity contribution in [1.82, 2.24) is 15.1 Å². The van der Waals surface area contributed by atoms with Gasteiger partial charge in [0.15, 0.2) is 0 Å². The van der Waals surface area contributed by atoms with Crippen molar-refractivity contribution in [3.63, 3.8) is 0 Å². The number of hydrogen-bond donors (Lipinski definition) is 1. The molecule has 1 atom stereocenters. The minimum atomic E-state index is -0.00263. The molecule has 0 radical (unpaired) electrons. The van der Waals surface area contributed by atoms with Gasteiger partial charge in [-0.05, 0) is 36.9 Å². The van der Waals surface area contributed by atoms with E-state index in [4.69, 9.17) is 0 Å². The molecule has 90 valence electrons. The second-order valence-corrected chi connectivity index (χ2v) is 4.95. The minimum Gasteiger partial charge on any atom is -0.347 e. The van der Waals surface area contributed by atoms with E-state index in [1.54, 1.807) is 6.20 Å². The van der Waals surface area contributed by atoms with Gasteiger partial charge in [0.25, 0.3) is 5.91 Å². The average molecular weight is 249 g/mol. The van der Waals surface area contributed by atoms with Crippen LogP contribution < -0.4 is 5.32 Å². The van der Waals surface area contributed by atoms with E-state index in [9.17, 15) is 4.79 Å². The highest BCUT2D eigenvalue weighted by Gasteiger charge is 2.13. The lowest BCUT2D eigenvalue weighted by Crippen LogP contribution is -2.35. The Morgan fingerprint density at radius 2 is 2.47 bits per heavy atom. The lowest BCUT2D eigenvalue weighted by molar-refractivity contribution is 0.0939. The van der Waals surface area contributed by atoms with Crippen LogP contribution in [0.25, 0.3) is 0 Å². The number of thiophene rings is 1. The first-order valence-corrected chi connectivity index (χ1v) is 6.37. The molecule has 0 saturated carbocycles. The van der Waals surface area contributed by atoms with Gasteiger partial charge in [-0.3, -0.25) is 9.48 Å². The Kier molecular flexibility index (Phi) is 3.58. The van der Waals surface area contributed by atoms with Crippen LogP contribution in [0.2, 0.25) is 0 Å². The molecule has 1 unspecified atom stereocenters. The van der Waals surface area contributed by atoms with E-state index in [0.29, 0.717) is 6.54 Å². The van der Waals surface area contributed by atoms with Crippen molar-refractivity contribution in [2.24, 2.45) is 0 Å². The Labute approximate surface area is 104 Å². The molecule has 2 aromatic heterocycles. The van der Waals surface area contributed by atoms with Crippen LogP contribution in [0.15, 0.2) is 29.9 Å². The number of rotatable bonds is 4. The van der Waals surface area contributed by atoms with Gasteiger partial charge in [-0.15, -0.1) is 11.3 Å². The fraction of sp³-hybridized carbons (Fsp3) is 0.333. The molecule has 2 heterocycles. The summed E-state index contributed by atoms with van der Waals surface area (Å²) < 4.78 is 1.81. The van der Waals surface area contributed by atoms with E-state index in [1.165, 1.54) is 11.3 Å². The van der Waals surface area contributed by atoms with Crippen molar-refractivity contribution < 1.29 is 4.79 Å². The second-order valence-electron chi connectivity index (χ2n) is 4.04. The molecule has 0 spiro atoms. The highest BCUT2D eigenvalue weighted by atomic mass is 32.1. The third-order valence-corrected chi connectivity index (χ3v) is 3.48. The molecule has 5 heteroatoms. The molecule has 0 aromatic carbocycles. The molecule has 0 bridgehead atoms. The number of hydrogen-bond acceptors (Lipinski definition) is 3. The summed E-state index contributed by atoms with van der Waals surface area (Å²) >= 11 is 1.47. The summed E-state index contributed by atoms with van der Waals surface area (Å²) in [6, 6.07) is 3.89. The highest BCUT2D eigenvalue weighted by molar-refractivity contribution is 7.12. The quantitative estimate of drug-likeness (QED) is 0.901. The standard InChI is InChI=1S/C12H15N3OS/c1-9-4-7-17-11(9)12(16)14-10(2)8-15-6-3-5-13-15/h3-7,10H,8H2,1-2H3,(H,14,16). The first-order valence-electron chi connectivity index (χ1n) is 5.49. The van der Waals surface area contributed by atoms with Gasteiger partial charge < -0.3 is 5.32 Å². The topological polar surface area (TPSA) is 46.9 Å². The summed E-state index contributed by atoms with van der Waals surface area (Å²) in [4.78, 5) is 12.7. The molecular weight excluding hydrogens is 234 g/mol. The van der Waals surface area contributed by atoms with Crippen molar-refractivity contribution in [3.05, 3.63) is 40.3 Å². The molecule has 1 amide bonds. The summed E-state index contributed by atoms with van der Waals surface area (Å²) in [5.41, 5.74) is 1.03. The second kappa shape index (κ2) is 5.14. The Hall–Kier alpha value is -1.62. The van der Waals surface area contributed by atoms with Gasteiger partial charge in [0.2, 0.25) is 0 Å². The first kappa shape index (κ1) is 11.9. The fourth-order valence-corrected chi connectivity index (χ4v) is 2.46. The van der Waals surface area contributed by atoms with Crippen molar-refractivity contribution in [2.75, 3.05) is 0 Å². The lowest BCUT2D eigenvalue weighted by atomic mass is 10.2. The maximum Gasteiger partial charge on any atom is 0.261 e. The number of aromatic nitrogens is 2. The lowest BCUT2D eigenvalue weighted by Gasteiger charge is -2.13. The summed E-state index contributed by atoms with van der Waals surface area (Å²) in [6.07, 6.45) is 3.62. The van der Waals surface area contributed by atoms with Gasteiger partial charge in [-0.25, -0.2) is 0 Å². The Morgan fingerprint density at radius 3 is 3.06 bits per heavy atom. The van der Waals surface area contributed by atoms with E-state index < -0.39 is 0 Å². The van der Waals surface area contributed by atoms with Crippen LogP contribution in [-0.2, 0) is 6.54 Å². The van der Waals surface area contributed by atoms with Crippen LogP contribution in [-0.4, -0.2) is 21.7 Å². The molecule has 0 aliphatic carbocycles. The van der Waals surface area contributed by atoms with Crippen molar-refractivity contribution in [2.45, 2.75) is 26.4 Å². The Balaban J connectivity index is 1.93. The van der Waals surface area contributed by atoms with E-state index in [1.807, 2.05) is 42.2 Å². The first-order chi connectivity index (χ1) is 8.16. The highest BCUT2D eigenvalue weighted by Crippen LogP contribution is 2.15. The van der Waals surface area contributed by atoms with Gasteiger partial charge in [0.1, 0.15) is 0 Å². The number of nitrogens with zero attached hydrogens (tertiary/aromatic N) is 2. The molecule has 2 rings (SSSR count). The van der Waals surface area contributed by atoms with E-state index in [-0.39, 0.29) is 11.9 Å². The maximum atomic E-state index is 11.9. The van der Waals surface area contributed by atoms with Crippen molar-refractivity contribution in [1.29, 1.82) is 0 Å². The Bertz CT molecular complexity index is 490. The van der Waals surface area contributed by atoms with Crippen LogP contribution in [0.3, 0.4) is 0 Å². The van der Waals surface area contributed by atoms with Crippen LogP contribution in [0.5, 0.6) is 0 Å². The molecule has 1 N–H and O–H groups in total. The minimum absolute atomic E-state index is 0.00263. The largest absolute Gasteiger partial charge is 0.347 e. The zero-order valence-corrected chi connectivity index (χ0v) is 10.7. The monoisotopic (exact) mass is 249 g/mol. The summed E-state index contributed by atoms with van der Waals surface area (Å²) in [5.74, 6) is -0.00263. The summed E-state index contributed by atoms with van der Waals surface area (Å²) in [6.45, 7) is 4.61. The zero-order valence-electron chi connectivity index (χ0n) is 9.88. The fourth-order valence-electron chi connectivity index (χ4n) is 1.63. The molecular formula is C12H15N3OS. The van der Waals surface area contributed by atoms with Crippen molar-refractivity contribution in [3.8, 4) is 0 Å². The molecule has 0 saturated heterocycles. The molecule has 0 aliphatic rings. The Morgan fingerprint density at radius 1 is 1.65 bits per heavy atom. The van der Waals surface area contributed by atoms with E-state index >= 15 is 0 Å². The number of amides is 1. The van der Waals surface area contributed by atoms with Crippen LogP contribution in [0, 0.1) is 6.92 Å². The normalized spacial score (nSPS) is 12.4. The van der Waals surface area contributed by atoms with Gasteiger partial charge in [-0.1, -0.05) is 0 Å². The smallest absolute Gasteiger partial charge is 0.261 e. The van der Waals surface area contributed by atoms with Crippen LogP contribution in [0.4, 0.5) is 0 Å². The van der Waals surface area contributed by atoms with Gasteiger partial charge >= 0.3 is 0 Å². The van der Waals surface area contributed by atoms with Crippen LogP contribution in [0.1, 0.15) is 22.2 Å². The van der Waals surface area contributed by atoms with Crippen molar-refractivity contribution >= 4 is 17.2 Å². The molecule has 0 fully saturated rings. The van der Waals surface area contributed by atoms with Crippen LogP contribution >= 0.6 is 11.3 Å². The summed E-state index contributed by atoms with van der Waals surface area (Å²) in [7, 11) is 0. The molecule has 2 aromatic rings. The SMILES string of the molecule is Cc1ccsc1C(=O)NC(C)Cn1cccn1. The van der Waals surface area contributed by atoms with E-state index in [0.717, 1.165) is 10.4 Å². The van der Waals surface area contributed by atoms with E-state index in [2.05, 4.69) is 10.4 Å². The van der Waals surface area contributed by atoms with Gasteiger partial charge in [0.05, 0.1) is 11.4 Å². The number of nitrogens with one attached hydrogen (secondary N) is 1.